The Kier molecular flexibility index (Phi) is 7.20. The largest absolute Gasteiger partial charge is 0.383 e. The first-order chi connectivity index (χ1) is 22.5. The minimum absolute atomic E-state index is 0.235. The third-order valence-electron chi connectivity index (χ3n) is 7.58. The van der Waals surface area contributed by atoms with Gasteiger partial charge in [-0.2, -0.15) is 10.2 Å². The first-order valence-electron chi connectivity index (χ1n) is 14.5. The summed E-state index contributed by atoms with van der Waals surface area (Å²) in [6.45, 7) is 0. The molecule has 0 aliphatic rings. The summed E-state index contributed by atoms with van der Waals surface area (Å²) in [7, 11) is 0. The van der Waals surface area contributed by atoms with E-state index >= 15 is 0 Å². The SMILES string of the molecule is Nc1c2c(=O)[nH]c(-c3ccccc3)cc2nn1-c1ccccc1.Nc1c2c(=O)[nH]c(-c3ccccc3)cc2nn1-c1ccccc1. The van der Waals surface area contributed by atoms with Crippen molar-refractivity contribution in [1.29, 1.82) is 0 Å². The number of benzene rings is 4. The number of nitrogens with zero attached hydrogens (tertiary/aromatic N) is 4. The molecule has 0 saturated carbocycles. The van der Waals surface area contributed by atoms with E-state index in [-0.39, 0.29) is 11.1 Å². The average molecular weight is 605 g/mol. The van der Waals surface area contributed by atoms with Crippen molar-refractivity contribution in [3.63, 3.8) is 0 Å². The molecule has 4 aromatic carbocycles. The van der Waals surface area contributed by atoms with Gasteiger partial charge in [0.2, 0.25) is 0 Å². The number of anilines is 2. The second kappa shape index (κ2) is 11.8. The number of para-hydroxylation sites is 2. The third kappa shape index (κ3) is 5.20. The van der Waals surface area contributed by atoms with E-state index < -0.39 is 0 Å². The van der Waals surface area contributed by atoms with Crippen LogP contribution in [-0.4, -0.2) is 29.5 Å². The molecule has 0 radical (unpaired) electrons. The lowest BCUT2D eigenvalue weighted by atomic mass is 10.1. The van der Waals surface area contributed by atoms with Gasteiger partial charge < -0.3 is 21.4 Å². The van der Waals surface area contributed by atoms with Crippen molar-refractivity contribution in [1.82, 2.24) is 29.5 Å². The third-order valence-corrected chi connectivity index (χ3v) is 7.58. The average Bonchev–Trinajstić information content (AvgIpc) is 3.63. The fourth-order valence-corrected chi connectivity index (χ4v) is 5.36. The van der Waals surface area contributed by atoms with Crippen LogP contribution in [0.1, 0.15) is 0 Å². The van der Waals surface area contributed by atoms with Gasteiger partial charge in [-0.3, -0.25) is 9.59 Å². The monoisotopic (exact) mass is 604 g/mol. The molecule has 4 heterocycles. The number of rotatable bonds is 4. The molecule has 4 aromatic heterocycles. The minimum Gasteiger partial charge on any atom is -0.383 e. The van der Waals surface area contributed by atoms with Crippen LogP contribution in [0.15, 0.2) is 143 Å². The van der Waals surface area contributed by atoms with Crippen molar-refractivity contribution in [2.24, 2.45) is 0 Å². The van der Waals surface area contributed by atoms with Crippen molar-refractivity contribution in [3.8, 4) is 33.9 Å². The molecule has 224 valence electrons. The molecule has 0 saturated heterocycles. The molecule has 0 amide bonds. The van der Waals surface area contributed by atoms with Crippen LogP contribution >= 0.6 is 0 Å². The van der Waals surface area contributed by atoms with E-state index in [1.165, 1.54) is 0 Å². The molecule has 0 fully saturated rings. The van der Waals surface area contributed by atoms with Gasteiger partial charge in [0.25, 0.3) is 11.1 Å². The summed E-state index contributed by atoms with van der Waals surface area (Å²) in [4.78, 5) is 30.7. The lowest BCUT2D eigenvalue weighted by Gasteiger charge is -2.02. The maximum absolute atomic E-state index is 12.4. The van der Waals surface area contributed by atoms with Crippen LogP contribution in [-0.2, 0) is 0 Å². The van der Waals surface area contributed by atoms with Gasteiger partial charge in [0.05, 0.1) is 22.8 Å². The number of H-pyrrole nitrogens is 2. The van der Waals surface area contributed by atoms with Crippen LogP contribution in [0.4, 0.5) is 11.6 Å². The number of aromatic amines is 2. The molecule has 0 atom stereocenters. The Labute approximate surface area is 262 Å². The first-order valence-corrected chi connectivity index (χ1v) is 14.5. The lowest BCUT2D eigenvalue weighted by molar-refractivity contribution is 0.908. The Bertz CT molecular complexity index is 2240. The molecule has 0 spiro atoms. The molecule has 10 heteroatoms. The zero-order valence-electron chi connectivity index (χ0n) is 24.5. The second-order valence-corrected chi connectivity index (χ2v) is 10.5. The van der Waals surface area contributed by atoms with Crippen molar-refractivity contribution in [2.75, 3.05) is 11.5 Å². The van der Waals surface area contributed by atoms with Gasteiger partial charge in [-0.1, -0.05) is 97.1 Å². The molecular weight excluding hydrogens is 576 g/mol. The van der Waals surface area contributed by atoms with Gasteiger partial charge in [-0.05, 0) is 47.5 Å². The standard InChI is InChI=1S/2C18H14N4O/c2*19-17-16-15(21-22(17)13-9-5-2-6-10-13)11-14(20-18(16)23)12-7-3-1-4-8-12/h2*1-11H,19H2,(H,20,23). The number of nitrogen functional groups attached to an aromatic ring is 2. The van der Waals surface area contributed by atoms with Crippen LogP contribution in [0.3, 0.4) is 0 Å². The van der Waals surface area contributed by atoms with E-state index in [0.29, 0.717) is 33.4 Å². The first kappa shape index (κ1) is 28.1. The van der Waals surface area contributed by atoms with Crippen LogP contribution in [0, 0.1) is 0 Å². The van der Waals surface area contributed by atoms with Crippen LogP contribution in [0.25, 0.3) is 55.7 Å². The Morgan fingerprint density at radius 1 is 0.478 bits per heavy atom. The minimum atomic E-state index is -0.235. The summed E-state index contributed by atoms with van der Waals surface area (Å²) in [6.07, 6.45) is 0. The summed E-state index contributed by atoms with van der Waals surface area (Å²) in [5, 5.41) is 9.82. The quantitative estimate of drug-likeness (QED) is 0.195. The van der Waals surface area contributed by atoms with E-state index in [0.717, 1.165) is 33.9 Å². The highest BCUT2D eigenvalue weighted by molar-refractivity contribution is 5.92. The lowest BCUT2D eigenvalue weighted by Crippen LogP contribution is -2.09. The Morgan fingerprint density at radius 2 is 0.804 bits per heavy atom. The predicted molar refractivity (Wildman–Crippen MR) is 183 cm³/mol. The molecule has 0 aliphatic heterocycles. The van der Waals surface area contributed by atoms with Crippen molar-refractivity contribution in [3.05, 3.63) is 154 Å². The summed E-state index contributed by atoms with van der Waals surface area (Å²) < 4.78 is 3.18. The fourth-order valence-electron chi connectivity index (χ4n) is 5.36. The Morgan fingerprint density at radius 3 is 1.15 bits per heavy atom. The molecule has 6 N–H and O–H groups in total. The van der Waals surface area contributed by atoms with Crippen LogP contribution < -0.4 is 22.6 Å². The number of fused-ring (bicyclic) bond motifs is 2. The summed E-state index contributed by atoms with van der Waals surface area (Å²) in [6, 6.07) is 42.1. The van der Waals surface area contributed by atoms with Crippen molar-refractivity contribution < 1.29 is 0 Å². The smallest absolute Gasteiger partial charge is 0.261 e. The Balaban J connectivity index is 0.000000147. The maximum atomic E-state index is 12.4. The fraction of sp³-hybridized carbons (Fsp3) is 0. The highest BCUT2D eigenvalue weighted by Gasteiger charge is 2.16. The molecule has 46 heavy (non-hydrogen) atoms. The molecular formula is C36H28N8O2. The van der Waals surface area contributed by atoms with E-state index in [9.17, 15) is 9.59 Å². The van der Waals surface area contributed by atoms with Crippen LogP contribution in [0.2, 0.25) is 0 Å². The molecule has 0 aliphatic carbocycles. The number of hydrogen-bond donors (Lipinski definition) is 4. The van der Waals surface area contributed by atoms with E-state index in [4.69, 9.17) is 11.5 Å². The molecule has 0 unspecified atom stereocenters. The predicted octanol–water partition coefficient (Wildman–Crippen LogP) is 5.93. The van der Waals surface area contributed by atoms with E-state index in [1.54, 1.807) is 9.36 Å². The van der Waals surface area contributed by atoms with Gasteiger partial charge in [0.15, 0.2) is 0 Å². The number of pyridine rings is 2. The highest BCUT2D eigenvalue weighted by atomic mass is 16.1. The van der Waals surface area contributed by atoms with Gasteiger partial charge in [0.1, 0.15) is 33.4 Å². The topological polar surface area (TPSA) is 153 Å². The van der Waals surface area contributed by atoms with Gasteiger partial charge in [-0.15, -0.1) is 0 Å². The second-order valence-electron chi connectivity index (χ2n) is 10.5. The number of nitrogens with one attached hydrogen (secondary N) is 2. The zero-order chi connectivity index (χ0) is 31.6. The normalized spacial score (nSPS) is 11.0. The number of aromatic nitrogens is 6. The number of nitrogens with two attached hydrogens (primary N) is 2. The van der Waals surface area contributed by atoms with Crippen molar-refractivity contribution >= 4 is 33.4 Å². The highest BCUT2D eigenvalue weighted by Crippen LogP contribution is 2.26. The van der Waals surface area contributed by atoms with Crippen molar-refractivity contribution in [2.45, 2.75) is 0 Å². The Hall–Kier alpha value is -6.68. The summed E-state index contributed by atoms with van der Waals surface area (Å²) >= 11 is 0. The van der Waals surface area contributed by atoms with Gasteiger partial charge in [0, 0.05) is 0 Å². The van der Waals surface area contributed by atoms with Gasteiger partial charge in [-0.25, -0.2) is 9.36 Å². The van der Waals surface area contributed by atoms with E-state index in [2.05, 4.69) is 20.2 Å². The molecule has 10 nitrogen and oxygen atoms in total. The molecule has 0 bridgehead atoms. The molecule has 8 aromatic rings. The summed E-state index contributed by atoms with van der Waals surface area (Å²) in [5.41, 5.74) is 17.9. The molecule has 8 rings (SSSR count). The summed E-state index contributed by atoms with van der Waals surface area (Å²) in [5.74, 6) is 0.680. The van der Waals surface area contributed by atoms with E-state index in [1.807, 2.05) is 133 Å². The van der Waals surface area contributed by atoms with Crippen LogP contribution in [0.5, 0.6) is 0 Å². The maximum Gasteiger partial charge on any atom is 0.261 e. The van der Waals surface area contributed by atoms with Gasteiger partial charge >= 0.3 is 0 Å². The zero-order valence-corrected chi connectivity index (χ0v) is 24.5. The number of hydrogen-bond acceptors (Lipinski definition) is 6.